The SMILES string of the molecule is CC(=S)N/C(=N\Cc1ccccc1)c1ccc(C)cc1. The molecule has 0 bridgehead atoms. The molecular formula is C17H18N2S. The third kappa shape index (κ3) is 4.28. The van der Waals surface area contributed by atoms with Crippen molar-refractivity contribution in [3.05, 3.63) is 71.3 Å². The molecule has 0 spiro atoms. The van der Waals surface area contributed by atoms with Gasteiger partial charge in [0.05, 0.1) is 11.5 Å². The van der Waals surface area contributed by atoms with E-state index in [1.54, 1.807) is 0 Å². The number of aliphatic imine (C=N–C) groups is 1. The first-order valence-corrected chi connectivity index (χ1v) is 6.99. The molecule has 0 heterocycles. The smallest absolute Gasteiger partial charge is 0.133 e. The fourth-order valence-electron chi connectivity index (χ4n) is 1.83. The van der Waals surface area contributed by atoms with Gasteiger partial charge in [-0.05, 0) is 19.4 Å². The van der Waals surface area contributed by atoms with Crippen LogP contribution in [0.25, 0.3) is 0 Å². The summed E-state index contributed by atoms with van der Waals surface area (Å²) in [7, 11) is 0. The predicted molar refractivity (Wildman–Crippen MR) is 89.3 cm³/mol. The third-order valence-electron chi connectivity index (χ3n) is 2.88. The first-order valence-electron chi connectivity index (χ1n) is 6.58. The van der Waals surface area contributed by atoms with Gasteiger partial charge in [0.1, 0.15) is 5.84 Å². The molecule has 0 aliphatic heterocycles. The van der Waals surface area contributed by atoms with E-state index < -0.39 is 0 Å². The zero-order valence-electron chi connectivity index (χ0n) is 11.8. The van der Waals surface area contributed by atoms with Crippen molar-refractivity contribution in [2.75, 3.05) is 0 Å². The number of thiocarbonyl (C=S) groups is 1. The van der Waals surface area contributed by atoms with Crippen LogP contribution in [0.4, 0.5) is 0 Å². The lowest BCUT2D eigenvalue weighted by molar-refractivity contribution is 1.05. The lowest BCUT2D eigenvalue weighted by Crippen LogP contribution is -2.28. The highest BCUT2D eigenvalue weighted by atomic mass is 32.1. The topological polar surface area (TPSA) is 24.4 Å². The second-order valence-electron chi connectivity index (χ2n) is 4.70. The van der Waals surface area contributed by atoms with E-state index >= 15 is 0 Å². The molecule has 0 amide bonds. The number of rotatable bonds is 3. The summed E-state index contributed by atoms with van der Waals surface area (Å²) in [5.74, 6) is 0.821. The lowest BCUT2D eigenvalue weighted by atomic mass is 10.1. The Kier molecular flexibility index (Phi) is 5.02. The fraction of sp³-hybridized carbons (Fsp3) is 0.176. The van der Waals surface area contributed by atoms with Crippen LogP contribution in [0.1, 0.15) is 23.6 Å². The Balaban J connectivity index is 2.23. The van der Waals surface area contributed by atoms with Crippen LogP contribution in [0.2, 0.25) is 0 Å². The Morgan fingerprint density at radius 3 is 2.30 bits per heavy atom. The van der Waals surface area contributed by atoms with Gasteiger partial charge in [-0.15, -0.1) is 0 Å². The quantitative estimate of drug-likeness (QED) is 0.525. The predicted octanol–water partition coefficient (Wildman–Crippen LogP) is 3.88. The number of amidine groups is 1. The molecule has 0 atom stereocenters. The van der Waals surface area contributed by atoms with Crippen LogP contribution in [-0.2, 0) is 6.54 Å². The van der Waals surface area contributed by atoms with Gasteiger partial charge in [0.2, 0.25) is 0 Å². The van der Waals surface area contributed by atoms with Gasteiger partial charge in [-0.3, -0.25) is 4.99 Å². The van der Waals surface area contributed by atoms with Crippen molar-refractivity contribution in [2.45, 2.75) is 20.4 Å². The molecule has 2 aromatic carbocycles. The van der Waals surface area contributed by atoms with Crippen LogP contribution < -0.4 is 5.32 Å². The Morgan fingerprint density at radius 2 is 1.70 bits per heavy atom. The summed E-state index contributed by atoms with van der Waals surface area (Å²) in [4.78, 5) is 5.37. The van der Waals surface area contributed by atoms with E-state index in [-0.39, 0.29) is 0 Å². The summed E-state index contributed by atoms with van der Waals surface area (Å²) in [5.41, 5.74) is 3.46. The molecule has 3 heteroatoms. The highest BCUT2D eigenvalue weighted by Gasteiger charge is 2.03. The van der Waals surface area contributed by atoms with E-state index in [0.717, 1.165) is 16.4 Å². The molecule has 0 aliphatic carbocycles. The van der Waals surface area contributed by atoms with Crippen molar-refractivity contribution in [3.63, 3.8) is 0 Å². The molecule has 20 heavy (non-hydrogen) atoms. The molecule has 0 fully saturated rings. The second kappa shape index (κ2) is 6.96. The van der Waals surface area contributed by atoms with Crippen LogP contribution in [0, 0.1) is 6.92 Å². The Morgan fingerprint density at radius 1 is 1.05 bits per heavy atom. The van der Waals surface area contributed by atoms with Crippen molar-refractivity contribution in [1.29, 1.82) is 0 Å². The van der Waals surface area contributed by atoms with Crippen LogP contribution in [0.15, 0.2) is 59.6 Å². The molecule has 0 aromatic heterocycles. The Bertz CT molecular complexity index is 601. The van der Waals surface area contributed by atoms with E-state index in [4.69, 9.17) is 12.2 Å². The van der Waals surface area contributed by atoms with Gasteiger partial charge in [0.15, 0.2) is 0 Å². The highest BCUT2D eigenvalue weighted by Crippen LogP contribution is 2.06. The first kappa shape index (κ1) is 14.4. The molecule has 0 saturated heterocycles. The highest BCUT2D eigenvalue weighted by molar-refractivity contribution is 7.80. The minimum Gasteiger partial charge on any atom is -0.335 e. The number of benzene rings is 2. The van der Waals surface area contributed by atoms with E-state index in [1.807, 2.05) is 25.1 Å². The summed E-state index contributed by atoms with van der Waals surface area (Å²) in [6, 6.07) is 18.5. The molecule has 0 aliphatic rings. The van der Waals surface area contributed by atoms with Crippen LogP contribution in [0.5, 0.6) is 0 Å². The average Bonchev–Trinajstić information content (AvgIpc) is 2.45. The maximum atomic E-state index is 5.14. The summed E-state index contributed by atoms with van der Waals surface area (Å²) in [5, 5.41) is 3.17. The van der Waals surface area contributed by atoms with Crippen molar-refractivity contribution >= 4 is 23.0 Å². The van der Waals surface area contributed by atoms with E-state index in [9.17, 15) is 0 Å². The largest absolute Gasteiger partial charge is 0.335 e. The average molecular weight is 282 g/mol. The number of aryl methyl sites for hydroxylation is 1. The second-order valence-corrected chi connectivity index (χ2v) is 5.31. The van der Waals surface area contributed by atoms with Gasteiger partial charge in [-0.2, -0.15) is 0 Å². The van der Waals surface area contributed by atoms with E-state index in [0.29, 0.717) is 6.54 Å². The Hall–Kier alpha value is -2.00. The molecular weight excluding hydrogens is 264 g/mol. The van der Waals surface area contributed by atoms with Crippen LogP contribution in [-0.4, -0.2) is 10.8 Å². The molecule has 2 aromatic rings. The molecule has 102 valence electrons. The third-order valence-corrected chi connectivity index (χ3v) is 2.98. The molecule has 0 saturated carbocycles. The number of hydrogen-bond donors (Lipinski definition) is 1. The van der Waals surface area contributed by atoms with Gasteiger partial charge >= 0.3 is 0 Å². The van der Waals surface area contributed by atoms with Crippen molar-refractivity contribution in [2.24, 2.45) is 4.99 Å². The van der Waals surface area contributed by atoms with Crippen LogP contribution in [0.3, 0.4) is 0 Å². The summed E-state index contributed by atoms with van der Waals surface area (Å²) >= 11 is 5.14. The summed E-state index contributed by atoms with van der Waals surface area (Å²) < 4.78 is 0. The lowest BCUT2D eigenvalue weighted by Gasteiger charge is -2.09. The monoisotopic (exact) mass is 282 g/mol. The normalized spacial score (nSPS) is 11.2. The molecule has 1 N–H and O–H groups in total. The minimum atomic E-state index is 0.639. The number of hydrogen-bond acceptors (Lipinski definition) is 2. The van der Waals surface area contributed by atoms with Gasteiger partial charge < -0.3 is 5.32 Å². The van der Waals surface area contributed by atoms with Crippen LogP contribution >= 0.6 is 12.2 Å². The van der Waals surface area contributed by atoms with Gasteiger partial charge in [-0.1, -0.05) is 72.4 Å². The van der Waals surface area contributed by atoms with E-state index in [1.165, 1.54) is 11.1 Å². The van der Waals surface area contributed by atoms with E-state index in [2.05, 4.69) is 53.6 Å². The Labute approximate surface area is 125 Å². The fourth-order valence-corrected chi connectivity index (χ4v) is 1.93. The first-order chi connectivity index (χ1) is 9.65. The molecule has 2 nitrogen and oxygen atoms in total. The molecule has 0 unspecified atom stereocenters. The zero-order valence-corrected chi connectivity index (χ0v) is 12.6. The van der Waals surface area contributed by atoms with Crippen molar-refractivity contribution < 1.29 is 0 Å². The minimum absolute atomic E-state index is 0.639. The van der Waals surface area contributed by atoms with Gasteiger partial charge in [0.25, 0.3) is 0 Å². The molecule has 2 rings (SSSR count). The van der Waals surface area contributed by atoms with Crippen molar-refractivity contribution in [3.8, 4) is 0 Å². The standard InChI is InChI=1S/C17H18N2S/c1-13-8-10-16(11-9-13)17(19-14(2)20)18-12-15-6-4-3-5-7-15/h3-11H,12H2,1-2H3,(H,18,19,20). The summed E-state index contributed by atoms with van der Waals surface area (Å²) in [6.45, 7) is 4.57. The van der Waals surface area contributed by atoms with Gasteiger partial charge in [-0.25, -0.2) is 0 Å². The van der Waals surface area contributed by atoms with Gasteiger partial charge in [0, 0.05) is 5.56 Å². The maximum absolute atomic E-state index is 5.14. The number of nitrogens with one attached hydrogen (secondary N) is 1. The zero-order chi connectivity index (χ0) is 14.4. The summed E-state index contributed by atoms with van der Waals surface area (Å²) in [6.07, 6.45) is 0. The molecule has 0 radical (unpaired) electrons. The maximum Gasteiger partial charge on any atom is 0.133 e. The van der Waals surface area contributed by atoms with Crippen molar-refractivity contribution in [1.82, 2.24) is 5.32 Å². The number of nitrogens with zero attached hydrogens (tertiary/aromatic N) is 1.